The summed E-state index contributed by atoms with van der Waals surface area (Å²) in [5, 5.41) is 6.61. The SMILES string of the molecule is Cc1ccsc1CNC(c1ccc(Cl)cc1)C(C)C. The molecule has 1 aromatic heterocycles. The molecule has 102 valence electrons. The summed E-state index contributed by atoms with van der Waals surface area (Å²) < 4.78 is 0. The van der Waals surface area contributed by atoms with Crippen molar-refractivity contribution in [1.29, 1.82) is 0 Å². The maximum Gasteiger partial charge on any atom is 0.0406 e. The average Bonchev–Trinajstić information content (AvgIpc) is 2.77. The van der Waals surface area contributed by atoms with E-state index < -0.39 is 0 Å². The molecule has 19 heavy (non-hydrogen) atoms. The summed E-state index contributed by atoms with van der Waals surface area (Å²) in [6, 6.07) is 10.7. The van der Waals surface area contributed by atoms with Crippen LogP contribution in [0.2, 0.25) is 5.02 Å². The number of rotatable bonds is 5. The maximum absolute atomic E-state index is 5.96. The van der Waals surface area contributed by atoms with Gasteiger partial charge >= 0.3 is 0 Å². The van der Waals surface area contributed by atoms with Gasteiger partial charge < -0.3 is 5.32 Å². The van der Waals surface area contributed by atoms with E-state index in [1.165, 1.54) is 16.0 Å². The molecule has 0 aliphatic heterocycles. The van der Waals surface area contributed by atoms with E-state index in [4.69, 9.17) is 11.6 Å². The van der Waals surface area contributed by atoms with Crippen molar-refractivity contribution in [1.82, 2.24) is 5.32 Å². The molecule has 0 spiro atoms. The van der Waals surface area contributed by atoms with Crippen LogP contribution in [0.15, 0.2) is 35.7 Å². The van der Waals surface area contributed by atoms with Crippen LogP contribution < -0.4 is 5.32 Å². The van der Waals surface area contributed by atoms with Gasteiger partial charge in [0.25, 0.3) is 0 Å². The fourth-order valence-corrected chi connectivity index (χ4v) is 3.18. The molecular formula is C16H20ClNS. The molecule has 0 amide bonds. The molecule has 1 atom stereocenters. The molecule has 2 rings (SSSR count). The molecular weight excluding hydrogens is 274 g/mol. The van der Waals surface area contributed by atoms with Crippen molar-refractivity contribution in [3.8, 4) is 0 Å². The minimum Gasteiger partial charge on any atom is -0.305 e. The van der Waals surface area contributed by atoms with Gasteiger partial charge in [0, 0.05) is 22.5 Å². The second kappa shape index (κ2) is 6.56. The van der Waals surface area contributed by atoms with Crippen LogP contribution in [0, 0.1) is 12.8 Å². The Kier molecular flexibility index (Phi) is 5.03. The topological polar surface area (TPSA) is 12.0 Å². The lowest BCUT2D eigenvalue weighted by Gasteiger charge is -2.23. The van der Waals surface area contributed by atoms with Crippen LogP contribution >= 0.6 is 22.9 Å². The number of nitrogens with one attached hydrogen (secondary N) is 1. The molecule has 0 aliphatic carbocycles. The van der Waals surface area contributed by atoms with Gasteiger partial charge in [0.15, 0.2) is 0 Å². The third-order valence-corrected chi connectivity index (χ3v) is 4.62. The molecule has 1 nitrogen and oxygen atoms in total. The Bertz CT molecular complexity index is 516. The maximum atomic E-state index is 5.96. The summed E-state index contributed by atoms with van der Waals surface area (Å²) >= 11 is 7.77. The lowest BCUT2D eigenvalue weighted by Crippen LogP contribution is -2.25. The first-order valence-electron chi connectivity index (χ1n) is 6.59. The van der Waals surface area contributed by atoms with Crippen molar-refractivity contribution in [2.24, 2.45) is 5.92 Å². The highest BCUT2D eigenvalue weighted by Crippen LogP contribution is 2.25. The first kappa shape index (κ1) is 14.6. The van der Waals surface area contributed by atoms with Crippen LogP contribution in [-0.4, -0.2) is 0 Å². The number of halogens is 1. The highest BCUT2D eigenvalue weighted by Gasteiger charge is 2.15. The van der Waals surface area contributed by atoms with E-state index in [1.807, 2.05) is 23.5 Å². The minimum absolute atomic E-state index is 0.360. The molecule has 1 heterocycles. The van der Waals surface area contributed by atoms with E-state index in [0.717, 1.165) is 11.6 Å². The van der Waals surface area contributed by atoms with Crippen molar-refractivity contribution in [3.63, 3.8) is 0 Å². The largest absolute Gasteiger partial charge is 0.305 e. The molecule has 0 radical (unpaired) electrons. The van der Waals surface area contributed by atoms with Gasteiger partial charge in [-0.15, -0.1) is 11.3 Å². The third kappa shape index (κ3) is 3.82. The number of hydrogen-bond donors (Lipinski definition) is 1. The van der Waals surface area contributed by atoms with Gasteiger partial charge in [0.1, 0.15) is 0 Å². The standard InChI is InChI=1S/C16H20ClNS/c1-11(2)16(13-4-6-14(17)7-5-13)18-10-15-12(3)8-9-19-15/h4-9,11,16,18H,10H2,1-3H3. The quantitative estimate of drug-likeness (QED) is 0.799. The third-order valence-electron chi connectivity index (χ3n) is 3.35. The van der Waals surface area contributed by atoms with Gasteiger partial charge in [-0.3, -0.25) is 0 Å². The molecule has 0 fully saturated rings. The van der Waals surface area contributed by atoms with Gasteiger partial charge in [0.2, 0.25) is 0 Å². The Balaban J connectivity index is 2.08. The fourth-order valence-electron chi connectivity index (χ4n) is 2.20. The van der Waals surface area contributed by atoms with E-state index >= 15 is 0 Å². The molecule has 0 saturated heterocycles. The second-order valence-corrected chi connectivity index (χ2v) is 6.62. The van der Waals surface area contributed by atoms with Crippen LogP contribution in [0.3, 0.4) is 0 Å². The molecule has 2 aromatic rings. The highest BCUT2D eigenvalue weighted by molar-refractivity contribution is 7.10. The Morgan fingerprint density at radius 1 is 1.16 bits per heavy atom. The van der Waals surface area contributed by atoms with Gasteiger partial charge in [0.05, 0.1) is 0 Å². The lowest BCUT2D eigenvalue weighted by atomic mass is 9.96. The monoisotopic (exact) mass is 293 g/mol. The summed E-state index contributed by atoms with van der Waals surface area (Å²) in [5.74, 6) is 0.543. The zero-order chi connectivity index (χ0) is 13.8. The molecule has 1 N–H and O–H groups in total. The van der Waals surface area contributed by atoms with E-state index in [-0.39, 0.29) is 0 Å². The predicted octanol–water partition coefficient (Wildman–Crippen LogP) is 5.20. The zero-order valence-corrected chi connectivity index (χ0v) is 13.2. The van der Waals surface area contributed by atoms with Crippen LogP contribution in [-0.2, 0) is 6.54 Å². The Hall–Kier alpha value is -0.830. The number of hydrogen-bond acceptors (Lipinski definition) is 2. The normalized spacial score (nSPS) is 12.9. The van der Waals surface area contributed by atoms with E-state index in [9.17, 15) is 0 Å². The van der Waals surface area contributed by atoms with Crippen LogP contribution in [0.4, 0.5) is 0 Å². The smallest absolute Gasteiger partial charge is 0.0406 e. The summed E-state index contributed by atoms with van der Waals surface area (Å²) in [5.41, 5.74) is 2.67. The van der Waals surface area contributed by atoms with E-state index in [1.54, 1.807) is 0 Å². The van der Waals surface area contributed by atoms with Gasteiger partial charge in [-0.2, -0.15) is 0 Å². The molecule has 0 bridgehead atoms. The number of aryl methyl sites for hydroxylation is 1. The summed E-state index contributed by atoms with van der Waals surface area (Å²) in [4.78, 5) is 1.42. The van der Waals surface area contributed by atoms with Crippen LogP contribution in [0.1, 0.15) is 35.9 Å². The fraction of sp³-hybridized carbons (Fsp3) is 0.375. The van der Waals surface area contributed by atoms with Crippen LogP contribution in [0.5, 0.6) is 0 Å². The first-order chi connectivity index (χ1) is 9.08. The Labute approximate surface area is 124 Å². The first-order valence-corrected chi connectivity index (χ1v) is 7.85. The van der Waals surface area contributed by atoms with Gasteiger partial charge in [-0.25, -0.2) is 0 Å². The zero-order valence-electron chi connectivity index (χ0n) is 11.6. The Morgan fingerprint density at radius 2 is 1.84 bits per heavy atom. The minimum atomic E-state index is 0.360. The number of benzene rings is 1. The molecule has 0 aliphatic rings. The summed E-state index contributed by atoms with van der Waals surface area (Å²) in [6.07, 6.45) is 0. The highest BCUT2D eigenvalue weighted by atomic mass is 35.5. The molecule has 0 saturated carbocycles. The van der Waals surface area contributed by atoms with Gasteiger partial charge in [-0.05, 0) is 47.5 Å². The van der Waals surface area contributed by atoms with Crippen molar-refractivity contribution in [2.75, 3.05) is 0 Å². The van der Waals surface area contributed by atoms with Crippen molar-refractivity contribution in [3.05, 3.63) is 56.7 Å². The molecule has 3 heteroatoms. The van der Waals surface area contributed by atoms with Crippen molar-refractivity contribution >= 4 is 22.9 Å². The second-order valence-electron chi connectivity index (χ2n) is 5.18. The van der Waals surface area contributed by atoms with Crippen molar-refractivity contribution < 1.29 is 0 Å². The average molecular weight is 294 g/mol. The Morgan fingerprint density at radius 3 is 2.37 bits per heavy atom. The van der Waals surface area contributed by atoms with E-state index in [2.05, 4.69) is 49.7 Å². The predicted molar refractivity (Wildman–Crippen MR) is 84.9 cm³/mol. The van der Waals surface area contributed by atoms with Gasteiger partial charge in [-0.1, -0.05) is 37.6 Å². The molecule has 1 aromatic carbocycles. The summed E-state index contributed by atoms with van der Waals surface area (Å²) in [7, 11) is 0. The summed E-state index contributed by atoms with van der Waals surface area (Å²) in [6.45, 7) is 7.58. The van der Waals surface area contributed by atoms with Crippen LogP contribution in [0.25, 0.3) is 0 Å². The number of thiophene rings is 1. The van der Waals surface area contributed by atoms with E-state index in [0.29, 0.717) is 12.0 Å². The van der Waals surface area contributed by atoms with Crippen molar-refractivity contribution in [2.45, 2.75) is 33.4 Å². The lowest BCUT2D eigenvalue weighted by molar-refractivity contribution is 0.412. The molecule has 1 unspecified atom stereocenters.